The maximum atomic E-state index is 13.1. The highest BCUT2D eigenvalue weighted by molar-refractivity contribution is 7.92. The number of anilines is 2. The Labute approximate surface area is 185 Å². The van der Waals surface area contributed by atoms with Gasteiger partial charge in [0.1, 0.15) is 5.75 Å². The van der Waals surface area contributed by atoms with E-state index in [1.165, 1.54) is 51.7 Å². The SMILES string of the molecule is CCOC(=O)Nc1cc(S(=O)(=O)Nc2cc(OC)c(OC)cc2C(=O)OC)ccc1OC. The predicted octanol–water partition coefficient (Wildman–Crippen LogP) is 2.87. The first-order valence-electron chi connectivity index (χ1n) is 9.19. The Kier molecular flexibility index (Phi) is 8.13. The molecule has 0 bridgehead atoms. The van der Waals surface area contributed by atoms with Gasteiger partial charge in [-0.15, -0.1) is 0 Å². The molecule has 0 unspecified atom stereocenters. The van der Waals surface area contributed by atoms with Crippen molar-refractivity contribution in [2.75, 3.05) is 45.1 Å². The molecule has 2 aromatic rings. The molecule has 0 saturated carbocycles. The first-order valence-corrected chi connectivity index (χ1v) is 10.7. The van der Waals surface area contributed by atoms with Gasteiger partial charge < -0.3 is 23.7 Å². The van der Waals surface area contributed by atoms with Crippen molar-refractivity contribution in [2.45, 2.75) is 11.8 Å². The van der Waals surface area contributed by atoms with E-state index in [1.807, 2.05) is 0 Å². The van der Waals surface area contributed by atoms with E-state index in [0.29, 0.717) is 0 Å². The number of esters is 1. The number of amides is 1. The molecule has 0 heterocycles. The molecule has 12 heteroatoms. The van der Waals surface area contributed by atoms with Crippen molar-refractivity contribution in [3.63, 3.8) is 0 Å². The van der Waals surface area contributed by atoms with Gasteiger partial charge in [0.2, 0.25) is 0 Å². The summed E-state index contributed by atoms with van der Waals surface area (Å²) in [6.07, 6.45) is -0.777. The fourth-order valence-corrected chi connectivity index (χ4v) is 3.77. The maximum absolute atomic E-state index is 13.1. The van der Waals surface area contributed by atoms with Gasteiger partial charge in [0.15, 0.2) is 11.5 Å². The average molecular weight is 468 g/mol. The first kappa shape index (κ1) is 24.6. The van der Waals surface area contributed by atoms with Crippen LogP contribution in [0.25, 0.3) is 0 Å². The highest BCUT2D eigenvalue weighted by atomic mass is 32.2. The second kappa shape index (κ2) is 10.6. The molecule has 0 aliphatic carbocycles. The van der Waals surface area contributed by atoms with E-state index in [0.717, 1.165) is 7.11 Å². The molecule has 174 valence electrons. The third-order valence-electron chi connectivity index (χ3n) is 4.17. The smallest absolute Gasteiger partial charge is 0.411 e. The zero-order valence-electron chi connectivity index (χ0n) is 18.2. The summed E-state index contributed by atoms with van der Waals surface area (Å²) in [5.41, 5.74) is -0.105. The lowest BCUT2D eigenvalue weighted by Crippen LogP contribution is -2.18. The summed E-state index contributed by atoms with van der Waals surface area (Å²) < 4.78 is 53.5. The van der Waals surface area contributed by atoms with Crippen LogP contribution in [0.3, 0.4) is 0 Å². The summed E-state index contributed by atoms with van der Waals surface area (Å²) in [6, 6.07) is 6.42. The van der Waals surface area contributed by atoms with Crippen molar-refractivity contribution in [3.05, 3.63) is 35.9 Å². The molecule has 2 aromatic carbocycles. The number of hydrogen-bond acceptors (Lipinski definition) is 9. The molecule has 32 heavy (non-hydrogen) atoms. The maximum Gasteiger partial charge on any atom is 0.411 e. The lowest BCUT2D eigenvalue weighted by molar-refractivity contribution is 0.0601. The summed E-state index contributed by atoms with van der Waals surface area (Å²) >= 11 is 0. The van der Waals surface area contributed by atoms with Crippen molar-refractivity contribution in [2.24, 2.45) is 0 Å². The lowest BCUT2D eigenvalue weighted by atomic mass is 10.1. The van der Waals surface area contributed by atoms with Crippen molar-refractivity contribution < 1.29 is 41.7 Å². The predicted molar refractivity (Wildman–Crippen MR) is 115 cm³/mol. The summed E-state index contributed by atoms with van der Waals surface area (Å²) in [4.78, 5) is 23.8. The van der Waals surface area contributed by atoms with Crippen LogP contribution in [0.4, 0.5) is 16.2 Å². The molecule has 0 radical (unpaired) electrons. The molecule has 0 aliphatic rings. The normalized spacial score (nSPS) is 10.7. The largest absolute Gasteiger partial charge is 0.495 e. The first-order chi connectivity index (χ1) is 15.2. The van der Waals surface area contributed by atoms with Crippen LogP contribution in [0.5, 0.6) is 17.2 Å². The third kappa shape index (κ3) is 5.52. The molecule has 0 aliphatic heterocycles. The van der Waals surface area contributed by atoms with Gasteiger partial charge in [0.05, 0.1) is 56.9 Å². The molecule has 11 nitrogen and oxygen atoms in total. The minimum Gasteiger partial charge on any atom is -0.495 e. The van der Waals surface area contributed by atoms with Crippen molar-refractivity contribution in [1.82, 2.24) is 0 Å². The lowest BCUT2D eigenvalue weighted by Gasteiger charge is -2.16. The second-order valence-electron chi connectivity index (χ2n) is 6.06. The number of carbonyl (C=O) groups excluding carboxylic acids is 2. The Balaban J connectivity index is 2.51. The zero-order valence-corrected chi connectivity index (χ0v) is 19.0. The third-order valence-corrected chi connectivity index (χ3v) is 5.53. The van der Waals surface area contributed by atoms with Crippen LogP contribution in [0.2, 0.25) is 0 Å². The quantitative estimate of drug-likeness (QED) is 0.532. The molecule has 2 rings (SSSR count). The summed E-state index contributed by atoms with van der Waals surface area (Å²) in [7, 11) is 1.05. The van der Waals surface area contributed by atoms with E-state index < -0.39 is 22.1 Å². The molecule has 0 aromatic heterocycles. The fraction of sp³-hybridized carbons (Fsp3) is 0.300. The van der Waals surface area contributed by atoms with E-state index in [9.17, 15) is 18.0 Å². The van der Waals surface area contributed by atoms with Crippen LogP contribution in [0, 0.1) is 0 Å². The monoisotopic (exact) mass is 468 g/mol. The van der Waals surface area contributed by atoms with Gasteiger partial charge in [-0.25, -0.2) is 18.0 Å². The van der Waals surface area contributed by atoms with Crippen LogP contribution in [-0.4, -0.2) is 55.5 Å². The standard InChI is InChI=1S/C20H24N2O9S/c1-6-31-20(24)21-15-9-12(7-8-16(15)27-2)32(25,26)22-14-11-18(29-4)17(28-3)10-13(14)19(23)30-5/h7-11,22H,6H2,1-5H3,(H,21,24). The van der Waals surface area contributed by atoms with E-state index in [4.69, 9.17) is 23.7 Å². The van der Waals surface area contributed by atoms with Gasteiger partial charge in [-0.3, -0.25) is 10.0 Å². The number of carbonyl (C=O) groups is 2. The van der Waals surface area contributed by atoms with E-state index in [-0.39, 0.29) is 45.7 Å². The number of benzene rings is 2. The van der Waals surface area contributed by atoms with Gasteiger partial charge in [-0.2, -0.15) is 0 Å². The van der Waals surface area contributed by atoms with Crippen LogP contribution in [-0.2, 0) is 19.5 Å². The molecule has 0 atom stereocenters. The van der Waals surface area contributed by atoms with E-state index in [1.54, 1.807) is 6.92 Å². The van der Waals surface area contributed by atoms with Crippen molar-refractivity contribution in [1.29, 1.82) is 0 Å². The van der Waals surface area contributed by atoms with Gasteiger partial charge in [0.25, 0.3) is 10.0 Å². The molecule has 1 amide bonds. The zero-order chi connectivity index (χ0) is 23.9. The Morgan fingerprint density at radius 1 is 0.875 bits per heavy atom. The summed E-state index contributed by atoms with van der Waals surface area (Å²) in [6.45, 7) is 1.76. The van der Waals surface area contributed by atoms with Gasteiger partial charge in [-0.1, -0.05) is 0 Å². The molecule has 2 N–H and O–H groups in total. The highest BCUT2D eigenvalue weighted by Gasteiger charge is 2.24. The van der Waals surface area contributed by atoms with Crippen molar-refractivity contribution >= 4 is 33.5 Å². The minimum absolute atomic E-state index is 0.0781. The van der Waals surface area contributed by atoms with Gasteiger partial charge >= 0.3 is 12.1 Å². The summed E-state index contributed by atoms with van der Waals surface area (Å²) in [5, 5.41) is 2.42. The number of hydrogen-bond donors (Lipinski definition) is 2. The van der Waals surface area contributed by atoms with E-state index in [2.05, 4.69) is 10.0 Å². The van der Waals surface area contributed by atoms with Crippen LogP contribution >= 0.6 is 0 Å². The second-order valence-corrected chi connectivity index (χ2v) is 7.74. The van der Waals surface area contributed by atoms with Gasteiger partial charge in [-0.05, 0) is 25.1 Å². The van der Waals surface area contributed by atoms with Crippen LogP contribution in [0.1, 0.15) is 17.3 Å². The average Bonchev–Trinajstić information content (AvgIpc) is 2.78. The Hall–Kier alpha value is -3.67. The van der Waals surface area contributed by atoms with Crippen molar-refractivity contribution in [3.8, 4) is 17.2 Å². The molecule has 0 spiro atoms. The number of methoxy groups -OCH3 is 4. The molecular weight excluding hydrogens is 444 g/mol. The molecule has 0 fully saturated rings. The molecule has 0 saturated heterocycles. The number of sulfonamides is 1. The number of ether oxygens (including phenoxy) is 5. The minimum atomic E-state index is -4.22. The van der Waals surface area contributed by atoms with E-state index >= 15 is 0 Å². The van der Waals surface area contributed by atoms with Crippen LogP contribution < -0.4 is 24.2 Å². The fourth-order valence-electron chi connectivity index (χ4n) is 2.68. The number of nitrogens with one attached hydrogen (secondary N) is 2. The topological polar surface area (TPSA) is 138 Å². The van der Waals surface area contributed by atoms with Crippen LogP contribution in [0.15, 0.2) is 35.2 Å². The van der Waals surface area contributed by atoms with Gasteiger partial charge in [0, 0.05) is 12.1 Å². The highest BCUT2D eigenvalue weighted by Crippen LogP contribution is 2.35. The number of rotatable bonds is 9. The Bertz CT molecular complexity index is 1100. The Morgan fingerprint density at radius 3 is 2.06 bits per heavy atom. The Morgan fingerprint density at radius 2 is 1.50 bits per heavy atom. The molecular formula is C20H24N2O9S. The summed E-state index contributed by atoms with van der Waals surface area (Å²) in [5.74, 6) is -0.167.